The van der Waals surface area contributed by atoms with Gasteiger partial charge in [-0.1, -0.05) is 22.9 Å². The summed E-state index contributed by atoms with van der Waals surface area (Å²) in [6.07, 6.45) is -0.879. The van der Waals surface area contributed by atoms with E-state index in [-0.39, 0.29) is 6.04 Å². The van der Waals surface area contributed by atoms with Gasteiger partial charge in [0.1, 0.15) is 12.4 Å². The number of alkyl halides is 2. The van der Waals surface area contributed by atoms with E-state index in [1.165, 1.54) is 5.56 Å². The monoisotopic (exact) mass is 363 g/mol. The number of rotatable bonds is 8. The summed E-state index contributed by atoms with van der Waals surface area (Å²) in [5.74, 6) is 0.929. The van der Waals surface area contributed by atoms with E-state index < -0.39 is 13.0 Å². The first kappa shape index (κ1) is 16.6. The molecule has 6 heteroatoms. The van der Waals surface area contributed by atoms with Crippen LogP contribution in [0.15, 0.2) is 16.6 Å². The van der Waals surface area contributed by atoms with Crippen LogP contribution >= 0.6 is 15.9 Å². The highest BCUT2D eigenvalue weighted by atomic mass is 79.9. The number of fused-ring (bicyclic) bond motifs is 1. The molecule has 0 amide bonds. The molecular formula is C15H20BrF2NO2. The number of benzene rings is 1. The molecular weight excluding hydrogens is 344 g/mol. The van der Waals surface area contributed by atoms with Crippen LogP contribution in [-0.2, 0) is 11.2 Å². The van der Waals surface area contributed by atoms with Crippen molar-refractivity contribution in [2.24, 2.45) is 0 Å². The zero-order valence-electron chi connectivity index (χ0n) is 12.0. The molecule has 1 atom stereocenters. The average molecular weight is 364 g/mol. The molecule has 1 N–H and O–H groups in total. The van der Waals surface area contributed by atoms with Gasteiger partial charge in [-0.25, -0.2) is 8.78 Å². The molecule has 21 heavy (non-hydrogen) atoms. The second-order valence-corrected chi connectivity index (χ2v) is 5.86. The summed E-state index contributed by atoms with van der Waals surface area (Å²) in [4.78, 5) is 0. The molecule has 3 nitrogen and oxygen atoms in total. The minimum Gasteiger partial charge on any atom is -0.493 e. The van der Waals surface area contributed by atoms with Gasteiger partial charge in [0.2, 0.25) is 0 Å². The van der Waals surface area contributed by atoms with E-state index in [4.69, 9.17) is 9.47 Å². The molecule has 1 aromatic rings. The lowest BCUT2D eigenvalue weighted by atomic mass is 9.99. The van der Waals surface area contributed by atoms with Gasteiger partial charge in [0, 0.05) is 29.1 Å². The van der Waals surface area contributed by atoms with E-state index in [1.54, 1.807) is 0 Å². The fraction of sp³-hybridized carbons (Fsp3) is 0.600. The summed E-state index contributed by atoms with van der Waals surface area (Å²) >= 11 is 3.52. The van der Waals surface area contributed by atoms with Crippen LogP contribution < -0.4 is 10.1 Å². The van der Waals surface area contributed by atoms with Gasteiger partial charge in [0.05, 0.1) is 6.61 Å². The normalized spacial score (nSPS) is 15.1. The fourth-order valence-electron chi connectivity index (χ4n) is 2.54. The van der Waals surface area contributed by atoms with E-state index in [2.05, 4.69) is 27.3 Å². The SMILES string of the molecule is CCNC(CCOCC(F)F)c1cc(Br)cc2c1OCC2. The van der Waals surface area contributed by atoms with E-state index in [0.717, 1.165) is 28.8 Å². The standard InChI is InChI=1S/C15H20BrF2NO2/c1-2-19-13(4-5-20-9-14(17)18)12-8-11(16)7-10-3-6-21-15(10)12/h7-8,13-14,19H,2-6,9H2,1H3. The minimum absolute atomic E-state index is 0.0389. The van der Waals surface area contributed by atoms with Crippen molar-refractivity contribution >= 4 is 15.9 Å². The van der Waals surface area contributed by atoms with Gasteiger partial charge in [-0.2, -0.15) is 0 Å². The van der Waals surface area contributed by atoms with Crippen molar-refractivity contribution in [1.82, 2.24) is 5.32 Å². The van der Waals surface area contributed by atoms with Crippen LogP contribution in [0.3, 0.4) is 0 Å². The lowest BCUT2D eigenvalue weighted by Crippen LogP contribution is -2.23. The number of halogens is 3. The Labute approximate surface area is 132 Å². The van der Waals surface area contributed by atoms with Gasteiger partial charge >= 0.3 is 0 Å². The molecule has 0 aliphatic carbocycles. The Morgan fingerprint density at radius 3 is 2.95 bits per heavy atom. The molecule has 0 radical (unpaired) electrons. The number of nitrogens with one attached hydrogen (secondary N) is 1. The van der Waals surface area contributed by atoms with Crippen molar-refractivity contribution in [3.63, 3.8) is 0 Å². The third kappa shape index (κ3) is 4.63. The lowest BCUT2D eigenvalue weighted by molar-refractivity contribution is 0.0143. The Morgan fingerprint density at radius 2 is 2.24 bits per heavy atom. The molecule has 2 rings (SSSR count). The molecule has 1 unspecified atom stereocenters. The molecule has 0 bridgehead atoms. The second-order valence-electron chi connectivity index (χ2n) is 4.95. The minimum atomic E-state index is -2.42. The number of hydrogen-bond donors (Lipinski definition) is 1. The number of hydrogen-bond acceptors (Lipinski definition) is 3. The summed E-state index contributed by atoms with van der Waals surface area (Å²) in [7, 11) is 0. The first-order valence-corrected chi connectivity index (χ1v) is 7.95. The van der Waals surface area contributed by atoms with Gasteiger partial charge in [-0.05, 0) is 30.7 Å². The summed E-state index contributed by atoms with van der Waals surface area (Å²) in [6.45, 7) is 3.29. The summed E-state index contributed by atoms with van der Waals surface area (Å²) in [5, 5.41) is 3.38. The van der Waals surface area contributed by atoms with E-state index >= 15 is 0 Å². The molecule has 1 heterocycles. The zero-order valence-corrected chi connectivity index (χ0v) is 13.6. The smallest absolute Gasteiger partial charge is 0.261 e. The van der Waals surface area contributed by atoms with Crippen molar-refractivity contribution < 1.29 is 18.3 Å². The highest BCUT2D eigenvalue weighted by Gasteiger charge is 2.23. The van der Waals surface area contributed by atoms with Crippen LogP contribution in [0.1, 0.15) is 30.5 Å². The Balaban J connectivity index is 2.07. The predicted octanol–water partition coefficient (Wildman–Crippen LogP) is 3.71. The van der Waals surface area contributed by atoms with E-state index in [1.807, 2.05) is 13.0 Å². The van der Waals surface area contributed by atoms with E-state index in [0.29, 0.717) is 19.6 Å². The molecule has 0 spiro atoms. The van der Waals surface area contributed by atoms with Crippen LogP contribution in [0, 0.1) is 0 Å². The van der Waals surface area contributed by atoms with Crippen molar-refractivity contribution in [3.8, 4) is 5.75 Å². The van der Waals surface area contributed by atoms with Crippen LogP contribution in [0.25, 0.3) is 0 Å². The number of ether oxygens (including phenoxy) is 2. The second kappa shape index (κ2) is 8.06. The highest BCUT2D eigenvalue weighted by Crippen LogP contribution is 2.37. The maximum absolute atomic E-state index is 12.1. The maximum Gasteiger partial charge on any atom is 0.261 e. The third-order valence-corrected chi connectivity index (χ3v) is 3.86. The summed E-state index contributed by atoms with van der Waals surface area (Å²) < 4.78 is 35.9. The van der Waals surface area contributed by atoms with Crippen LogP contribution in [-0.4, -0.2) is 32.8 Å². The van der Waals surface area contributed by atoms with Crippen LogP contribution in [0.4, 0.5) is 8.78 Å². The van der Waals surface area contributed by atoms with Crippen LogP contribution in [0.2, 0.25) is 0 Å². The molecule has 0 aromatic heterocycles. The third-order valence-electron chi connectivity index (χ3n) is 3.40. The molecule has 1 aliphatic heterocycles. The Bertz CT molecular complexity index is 471. The van der Waals surface area contributed by atoms with Gasteiger partial charge in [0.15, 0.2) is 0 Å². The summed E-state index contributed by atoms with van der Waals surface area (Å²) in [5.41, 5.74) is 2.26. The van der Waals surface area contributed by atoms with Crippen LogP contribution in [0.5, 0.6) is 5.75 Å². The predicted molar refractivity (Wildman–Crippen MR) is 81.2 cm³/mol. The van der Waals surface area contributed by atoms with Gasteiger partial charge in [0.25, 0.3) is 6.43 Å². The first-order valence-electron chi connectivity index (χ1n) is 7.16. The zero-order chi connectivity index (χ0) is 15.2. The van der Waals surface area contributed by atoms with Gasteiger partial charge < -0.3 is 14.8 Å². The summed E-state index contributed by atoms with van der Waals surface area (Å²) in [6, 6.07) is 4.14. The molecule has 0 fully saturated rings. The van der Waals surface area contributed by atoms with E-state index in [9.17, 15) is 8.78 Å². The lowest BCUT2D eigenvalue weighted by Gasteiger charge is -2.21. The Kier molecular flexibility index (Phi) is 6.39. The molecule has 0 saturated carbocycles. The highest BCUT2D eigenvalue weighted by molar-refractivity contribution is 9.10. The Morgan fingerprint density at radius 1 is 1.43 bits per heavy atom. The average Bonchev–Trinajstić information content (AvgIpc) is 2.89. The van der Waals surface area contributed by atoms with Crippen molar-refractivity contribution in [2.45, 2.75) is 32.2 Å². The van der Waals surface area contributed by atoms with Gasteiger partial charge in [-0.3, -0.25) is 0 Å². The maximum atomic E-state index is 12.1. The topological polar surface area (TPSA) is 30.5 Å². The molecule has 1 aromatic carbocycles. The van der Waals surface area contributed by atoms with Crippen molar-refractivity contribution in [2.75, 3.05) is 26.4 Å². The molecule has 0 saturated heterocycles. The molecule has 1 aliphatic rings. The molecule has 118 valence electrons. The quantitative estimate of drug-likeness (QED) is 0.714. The fourth-order valence-corrected chi connectivity index (χ4v) is 3.07. The Hall–Kier alpha value is -0.720. The van der Waals surface area contributed by atoms with Gasteiger partial charge in [-0.15, -0.1) is 0 Å². The largest absolute Gasteiger partial charge is 0.493 e. The van der Waals surface area contributed by atoms with Crippen molar-refractivity contribution in [1.29, 1.82) is 0 Å². The first-order chi connectivity index (χ1) is 10.1. The van der Waals surface area contributed by atoms with Crippen molar-refractivity contribution in [3.05, 3.63) is 27.7 Å².